The Morgan fingerprint density at radius 3 is 3.00 bits per heavy atom. The van der Waals surface area contributed by atoms with Gasteiger partial charge in [0.15, 0.2) is 0 Å². The molecule has 0 unspecified atom stereocenters. The van der Waals surface area contributed by atoms with E-state index in [9.17, 15) is 4.79 Å². The van der Waals surface area contributed by atoms with E-state index >= 15 is 0 Å². The van der Waals surface area contributed by atoms with Gasteiger partial charge in [-0.05, 0) is 43.5 Å². The summed E-state index contributed by atoms with van der Waals surface area (Å²) in [4.78, 5) is 11.6. The standard InChI is InChI=1S/C14H22N2O2/c1-2-9-18-11-14(17)16-13-7-3-5-12(10-13)6-4-8-15/h3,5,7,10H,2,4,6,8-9,11,15H2,1H3,(H,16,17). The van der Waals surface area contributed by atoms with E-state index in [-0.39, 0.29) is 12.5 Å². The molecule has 0 fully saturated rings. The minimum atomic E-state index is -0.112. The van der Waals surface area contributed by atoms with Crippen molar-refractivity contribution in [1.82, 2.24) is 0 Å². The first-order chi connectivity index (χ1) is 8.76. The topological polar surface area (TPSA) is 64.3 Å². The zero-order valence-corrected chi connectivity index (χ0v) is 10.9. The Morgan fingerprint density at radius 2 is 2.28 bits per heavy atom. The monoisotopic (exact) mass is 250 g/mol. The summed E-state index contributed by atoms with van der Waals surface area (Å²) in [7, 11) is 0. The second kappa shape index (κ2) is 8.66. The van der Waals surface area contributed by atoms with Gasteiger partial charge in [0.1, 0.15) is 6.61 Å². The highest BCUT2D eigenvalue weighted by atomic mass is 16.5. The van der Waals surface area contributed by atoms with Gasteiger partial charge in [-0.2, -0.15) is 0 Å². The minimum Gasteiger partial charge on any atom is -0.372 e. The molecule has 4 nitrogen and oxygen atoms in total. The fourth-order valence-electron chi connectivity index (χ4n) is 1.62. The molecule has 1 rings (SSSR count). The third kappa shape index (κ3) is 5.80. The van der Waals surface area contributed by atoms with Crippen molar-refractivity contribution in [3.8, 4) is 0 Å². The van der Waals surface area contributed by atoms with E-state index in [0.29, 0.717) is 13.2 Å². The van der Waals surface area contributed by atoms with E-state index in [1.807, 2.05) is 31.2 Å². The van der Waals surface area contributed by atoms with Crippen molar-refractivity contribution in [3.05, 3.63) is 29.8 Å². The van der Waals surface area contributed by atoms with Crippen LogP contribution in [0.2, 0.25) is 0 Å². The van der Waals surface area contributed by atoms with E-state index in [0.717, 1.165) is 24.9 Å². The Labute approximate surface area is 109 Å². The molecule has 0 aliphatic rings. The molecule has 0 saturated heterocycles. The summed E-state index contributed by atoms with van der Waals surface area (Å²) in [6.07, 6.45) is 2.81. The fourth-order valence-corrected chi connectivity index (χ4v) is 1.62. The third-order valence-electron chi connectivity index (χ3n) is 2.46. The minimum absolute atomic E-state index is 0.112. The van der Waals surface area contributed by atoms with Crippen molar-refractivity contribution in [1.29, 1.82) is 0 Å². The maximum Gasteiger partial charge on any atom is 0.250 e. The Kier molecular flexibility index (Phi) is 7.06. The van der Waals surface area contributed by atoms with Crippen LogP contribution in [0.4, 0.5) is 5.69 Å². The van der Waals surface area contributed by atoms with Crippen LogP contribution in [0.1, 0.15) is 25.3 Å². The molecule has 0 atom stereocenters. The van der Waals surface area contributed by atoms with E-state index in [4.69, 9.17) is 10.5 Å². The maximum atomic E-state index is 11.6. The average Bonchev–Trinajstić information content (AvgIpc) is 2.37. The Hall–Kier alpha value is -1.39. The molecule has 4 heteroatoms. The summed E-state index contributed by atoms with van der Waals surface area (Å²) in [5, 5.41) is 2.82. The molecule has 0 heterocycles. The molecule has 0 spiro atoms. The van der Waals surface area contributed by atoms with Crippen LogP contribution >= 0.6 is 0 Å². The fraction of sp³-hybridized carbons (Fsp3) is 0.500. The maximum absolute atomic E-state index is 11.6. The van der Waals surface area contributed by atoms with Gasteiger partial charge in [-0.3, -0.25) is 4.79 Å². The van der Waals surface area contributed by atoms with Crippen molar-refractivity contribution in [3.63, 3.8) is 0 Å². The predicted molar refractivity (Wildman–Crippen MR) is 73.6 cm³/mol. The lowest BCUT2D eigenvalue weighted by Gasteiger charge is -2.07. The molecule has 18 heavy (non-hydrogen) atoms. The first-order valence-electron chi connectivity index (χ1n) is 6.43. The van der Waals surface area contributed by atoms with Gasteiger partial charge in [0.05, 0.1) is 0 Å². The molecular formula is C14H22N2O2. The largest absolute Gasteiger partial charge is 0.372 e. The first-order valence-corrected chi connectivity index (χ1v) is 6.43. The summed E-state index contributed by atoms with van der Waals surface area (Å²) in [6, 6.07) is 7.84. The van der Waals surface area contributed by atoms with Crippen molar-refractivity contribution < 1.29 is 9.53 Å². The Bertz CT molecular complexity index is 367. The molecule has 0 aliphatic carbocycles. The summed E-state index contributed by atoms with van der Waals surface area (Å²) in [5.41, 5.74) is 7.48. The molecule has 0 saturated carbocycles. The number of nitrogens with one attached hydrogen (secondary N) is 1. The number of aryl methyl sites for hydroxylation is 1. The summed E-state index contributed by atoms with van der Waals surface area (Å²) in [6.45, 7) is 3.42. The second-order valence-corrected chi connectivity index (χ2v) is 4.19. The van der Waals surface area contributed by atoms with E-state index < -0.39 is 0 Å². The summed E-state index contributed by atoms with van der Waals surface area (Å²) in [5.74, 6) is -0.112. The number of amides is 1. The molecule has 3 N–H and O–H groups in total. The molecule has 0 radical (unpaired) electrons. The number of anilines is 1. The van der Waals surface area contributed by atoms with Crippen molar-refractivity contribution in [2.75, 3.05) is 25.1 Å². The van der Waals surface area contributed by atoms with Crippen molar-refractivity contribution >= 4 is 11.6 Å². The van der Waals surface area contributed by atoms with Crippen LogP contribution in [-0.4, -0.2) is 25.7 Å². The first kappa shape index (κ1) is 14.7. The molecular weight excluding hydrogens is 228 g/mol. The molecule has 0 aliphatic heterocycles. The molecule has 1 amide bonds. The number of nitrogens with two attached hydrogens (primary N) is 1. The number of benzene rings is 1. The highest BCUT2D eigenvalue weighted by Crippen LogP contribution is 2.12. The zero-order valence-electron chi connectivity index (χ0n) is 10.9. The SMILES string of the molecule is CCCOCC(=O)Nc1cccc(CCCN)c1. The van der Waals surface area contributed by atoms with Crippen LogP contribution < -0.4 is 11.1 Å². The quantitative estimate of drug-likeness (QED) is 0.693. The number of rotatable bonds is 8. The number of ether oxygens (including phenoxy) is 1. The zero-order chi connectivity index (χ0) is 13.2. The summed E-state index contributed by atoms with van der Waals surface area (Å²) >= 11 is 0. The van der Waals surface area contributed by atoms with Crippen LogP contribution in [0.3, 0.4) is 0 Å². The van der Waals surface area contributed by atoms with E-state index in [1.54, 1.807) is 0 Å². The number of carbonyl (C=O) groups is 1. The number of hydrogen-bond donors (Lipinski definition) is 2. The Morgan fingerprint density at radius 1 is 1.44 bits per heavy atom. The van der Waals surface area contributed by atoms with Gasteiger partial charge in [0.2, 0.25) is 5.91 Å². The molecule has 0 bridgehead atoms. The molecule has 1 aromatic carbocycles. The highest BCUT2D eigenvalue weighted by molar-refractivity contribution is 5.91. The molecule has 1 aromatic rings. The lowest BCUT2D eigenvalue weighted by molar-refractivity contribution is -0.120. The van der Waals surface area contributed by atoms with Gasteiger partial charge in [-0.25, -0.2) is 0 Å². The van der Waals surface area contributed by atoms with Crippen molar-refractivity contribution in [2.45, 2.75) is 26.2 Å². The van der Waals surface area contributed by atoms with Crippen LogP contribution in [0.15, 0.2) is 24.3 Å². The van der Waals surface area contributed by atoms with Gasteiger partial charge >= 0.3 is 0 Å². The van der Waals surface area contributed by atoms with Gasteiger partial charge in [-0.15, -0.1) is 0 Å². The van der Waals surface area contributed by atoms with Gasteiger partial charge in [-0.1, -0.05) is 19.1 Å². The smallest absolute Gasteiger partial charge is 0.250 e. The lowest BCUT2D eigenvalue weighted by Crippen LogP contribution is -2.18. The summed E-state index contributed by atoms with van der Waals surface area (Å²) < 4.78 is 5.18. The van der Waals surface area contributed by atoms with Gasteiger partial charge in [0.25, 0.3) is 0 Å². The molecule has 0 aromatic heterocycles. The van der Waals surface area contributed by atoms with Crippen LogP contribution in [0.5, 0.6) is 0 Å². The second-order valence-electron chi connectivity index (χ2n) is 4.19. The van der Waals surface area contributed by atoms with Crippen LogP contribution in [0.25, 0.3) is 0 Å². The van der Waals surface area contributed by atoms with E-state index in [1.165, 1.54) is 5.56 Å². The molecule has 100 valence electrons. The average molecular weight is 250 g/mol. The van der Waals surface area contributed by atoms with Crippen LogP contribution in [-0.2, 0) is 16.0 Å². The Balaban J connectivity index is 2.43. The normalized spacial score (nSPS) is 10.3. The van der Waals surface area contributed by atoms with E-state index in [2.05, 4.69) is 5.32 Å². The van der Waals surface area contributed by atoms with Gasteiger partial charge in [0, 0.05) is 12.3 Å². The number of carbonyl (C=O) groups excluding carboxylic acids is 1. The highest BCUT2D eigenvalue weighted by Gasteiger charge is 2.02. The lowest BCUT2D eigenvalue weighted by atomic mass is 10.1. The predicted octanol–water partition coefficient (Wildman–Crippen LogP) is 1.94. The third-order valence-corrected chi connectivity index (χ3v) is 2.46. The van der Waals surface area contributed by atoms with Crippen LogP contribution in [0, 0.1) is 0 Å². The number of hydrogen-bond acceptors (Lipinski definition) is 3. The van der Waals surface area contributed by atoms with Crippen molar-refractivity contribution in [2.24, 2.45) is 5.73 Å². The van der Waals surface area contributed by atoms with Gasteiger partial charge < -0.3 is 15.8 Å².